The van der Waals surface area contributed by atoms with Gasteiger partial charge in [0.05, 0.1) is 22.7 Å². The normalized spacial score (nSPS) is 16.5. The molecule has 2 aromatic rings. The van der Waals surface area contributed by atoms with Crippen molar-refractivity contribution in [2.24, 2.45) is 5.73 Å². The topological polar surface area (TPSA) is 127 Å². The minimum Gasteiger partial charge on any atom is -0.478 e. The van der Waals surface area contributed by atoms with Crippen LogP contribution in [0.25, 0.3) is 0 Å². The fraction of sp³-hybridized carbons (Fsp3) is 0.125. The lowest BCUT2D eigenvalue weighted by molar-refractivity contribution is -0.124. The van der Waals surface area contributed by atoms with E-state index in [0.717, 1.165) is 22.5 Å². The van der Waals surface area contributed by atoms with Crippen LogP contribution in [0.4, 0.5) is 10.1 Å². The van der Waals surface area contributed by atoms with Crippen LogP contribution in [0, 0.1) is 5.82 Å². The standard InChI is InChI=1S/C16H13FN2O6S/c17-11-6-5-9(7-10(11)16(21)22)26(23,24)19-8-14(15(18)20)25-13-4-2-1-3-12(13)19/h1-7,14H,8H2,(H2,18,20)(H,21,22)/t14-/m1/s1. The molecule has 0 radical (unpaired) electrons. The Morgan fingerprint density at radius 3 is 2.58 bits per heavy atom. The number of ether oxygens (including phenoxy) is 1. The number of aromatic carboxylic acids is 1. The number of carbonyl (C=O) groups is 2. The van der Waals surface area contributed by atoms with Crippen molar-refractivity contribution in [1.82, 2.24) is 0 Å². The Kier molecular flexibility index (Phi) is 4.28. The highest BCUT2D eigenvalue weighted by atomic mass is 32.2. The maximum atomic E-state index is 13.6. The third-order valence-corrected chi connectivity index (χ3v) is 5.58. The molecule has 136 valence electrons. The molecule has 1 heterocycles. The molecular weight excluding hydrogens is 367 g/mol. The van der Waals surface area contributed by atoms with Crippen molar-refractivity contribution >= 4 is 27.6 Å². The third kappa shape index (κ3) is 2.94. The van der Waals surface area contributed by atoms with Crippen molar-refractivity contribution in [2.45, 2.75) is 11.0 Å². The highest BCUT2D eigenvalue weighted by Gasteiger charge is 2.37. The molecule has 1 aliphatic heterocycles. The predicted octanol–water partition coefficient (Wildman–Crippen LogP) is 0.966. The first-order chi connectivity index (χ1) is 12.2. The Bertz CT molecular complexity index is 1010. The molecule has 3 N–H and O–H groups in total. The monoisotopic (exact) mass is 380 g/mol. The number of benzene rings is 2. The van der Waals surface area contributed by atoms with Gasteiger partial charge in [0, 0.05) is 0 Å². The minimum absolute atomic E-state index is 0.131. The summed E-state index contributed by atoms with van der Waals surface area (Å²) in [5.74, 6) is -3.39. The van der Waals surface area contributed by atoms with Crippen LogP contribution in [0.3, 0.4) is 0 Å². The van der Waals surface area contributed by atoms with E-state index in [-0.39, 0.29) is 11.4 Å². The number of rotatable bonds is 4. The van der Waals surface area contributed by atoms with Crippen LogP contribution in [0.1, 0.15) is 10.4 Å². The average Bonchev–Trinajstić information content (AvgIpc) is 2.60. The lowest BCUT2D eigenvalue weighted by Crippen LogP contribution is -2.49. The number of nitrogens with zero attached hydrogens (tertiary/aromatic N) is 1. The average molecular weight is 380 g/mol. The van der Waals surface area contributed by atoms with Crippen molar-refractivity contribution in [2.75, 3.05) is 10.8 Å². The Morgan fingerprint density at radius 1 is 1.23 bits per heavy atom. The van der Waals surface area contributed by atoms with Gasteiger partial charge in [0.25, 0.3) is 15.9 Å². The number of nitrogens with two attached hydrogens (primary N) is 1. The van der Waals surface area contributed by atoms with E-state index in [2.05, 4.69) is 0 Å². The molecule has 1 amide bonds. The summed E-state index contributed by atoms with van der Waals surface area (Å²) in [4.78, 5) is 22.2. The number of carboxylic acids is 1. The second-order valence-electron chi connectivity index (χ2n) is 5.46. The number of anilines is 1. The summed E-state index contributed by atoms with van der Waals surface area (Å²) < 4.78 is 45.9. The number of halogens is 1. The van der Waals surface area contributed by atoms with Crippen LogP contribution in [-0.2, 0) is 14.8 Å². The molecule has 3 rings (SSSR count). The minimum atomic E-state index is -4.30. The number of carbonyl (C=O) groups excluding carboxylic acids is 1. The van der Waals surface area contributed by atoms with Gasteiger partial charge in [-0.3, -0.25) is 9.10 Å². The van der Waals surface area contributed by atoms with Crippen molar-refractivity contribution < 1.29 is 32.2 Å². The van der Waals surface area contributed by atoms with E-state index in [0.29, 0.717) is 0 Å². The Labute approximate surface area is 147 Å². The van der Waals surface area contributed by atoms with Gasteiger partial charge in [0.2, 0.25) is 0 Å². The molecule has 26 heavy (non-hydrogen) atoms. The molecule has 0 bridgehead atoms. The van der Waals surface area contributed by atoms with Gasteiger partial charge in [0.1, 0.15) is 11.6 Å². The summed E-state index contributed by atoms with van der Waals surface area (Å²) in [6.07, 6.45) is -1.22. The highest BCUT2D eigenvalue weighted by molar-refractivity contribution is 7.92. The van der Waals surface area contributed by atoms with Gasteiger partial charge in [-0.25, -0.2) is 17.6 Å². The molecule has 2 aromatic carbocycles. The summed E-state index contributed by atoms with van der Waals surface area (Å²) in [6, 6.07) is 8.54. The Morgan fingerprint density at radius 2 is 1.92 bits per heavy atom. The summed E-state index contributed by atoms with van der Waals surface area (Å²) in [7, 11) is -4.30. The SMILES string of the molecule is NC(=O)[C@H]1CN(S(=O)(=O)c2ccc(F)c(C(=O)O)c2)c2ccccc2O1. The zero-order valence-electron chi connectivity index (χ0n) is 13.1. The molecule has 0 fully saturated rings. The van der Waals surface area contributed by atoms with Crippen molar-refractivity contribution in [1.29, 1.82) is 0 Å². The van der Waals surface area contributed by atoms with Crippen LogP contribution in [0.2, 0.25) is 0 Å². The molecule has 10 heteroatoms. The zero-order valence-corrected chi connectivity index (χ0v) is 13.9. The van der Waals surface area contributed by atoms with Crippen molar-refractivity contribution in [3.8, 4) is 5.75 Å². The summed E-state index contributed by atoms with van der Waals surface area (Å²) in [5.41, 5.74) is 4.62. The van der Waals surface area contributed by atoms with E-state index in [4.69, 9.17) is 15.6 Å². The number of hydrogen-bond acceptors (Lipinski definition) is 5. The maximum absolute atomic E-state index is 13.6. The molecule has 0 saturated heterocycles. The first kappa shape index (κ1) is 17.7. The largest absolute Gasteiger partial charge is 0.478 e. The molecule has 0 spiro atoms. The number of primary amides is 1. The number of sulfonamides is 1. The van der Waals surface area contributed by atoms with Gasteiger partial charge in [-0.15, -0.1) is 0 Å². The Balaban J connectivity index is 2.13. The van der Waals surface area contributed by atoms with Crippen LogP contribution in [0.5, 0.6) is 5.75 Å². The summed E-state index contributed by atoms with van der Waals surface area (Å²) >= 11 is 0. The van der Waals surface area contributed by atoms with Gasteiger partial charge in [0.15, 0.2) is 6.10 Å². The highest BCUT2D eigenvalue weighted by Crippen LogP contribution is 2.36. The van der Waals surface area contributed by atoms with Crippen LogP contribution < -0.4 is 14.8 Å². The number of para-hydroxylation sites is 2. The van der Waals surface area contributed by atoms with Crippen molar-refractivity contribution in [3.63, 3.8) is 0 Å². The summed E-state index contributed by atoms with van der Waals surface area (Å²) in [5, 5.41) is 9.01. The van der Waals surface area contributed by atoms with E-state index in [1.54, 1.807) is 12.1 Å². The third-order valence-electron chi connectivity index (χ3n) is 3.81. The van der Waals surface area contributed by atoms with Crippen LogP contribution >= 0.6 is 0 Å². The maximum Gasteiger partial charge on any atom is 0.338 e. The van der Waals surface area contributed by atoms with Gasteiger partial charge in [-0.05, 0) is 30.3 Å². The summed E-state index contributed by atoms with van der Waals surface area (Å²) in [6.45, 7) is -0.394. The fourth-order valence-electron chi connectivity index (χ4n) is 2.53. The van der Waals surface area contributed by atoms with Gasteiger partial charge < -0.3 is 15.6 Å². The van der Waals surface area contributed by atoms with Gasteiger partial charge in [-0.2, -0.15) is 0 Å². The van der Waals surface area contributed by atoms with Gasteiger partial charge >= 0.3 is 5.97 Å². The first-order valence-electron chi connectivity index (χ1n) is 7.32. The van der Waals surface area contributed by atoms with Gasteiger partial charge in [-0.1, -0.05) is 12.1 Å². The van der Waals surface area contributed by atoms with E-state index in [1.807, 2.05) is 0 Å². The number of hydrogen-bond donors (Lipinski definition) is 2. The predicted molar refractivity (Wildman–Crippen MR) is 87.9 cm³/mol. The Hall–Kier alpha value is -3.14. The molecule has 0 aliphatic carbocycles. The lowest BCUT2D eigenvalue weighted by atomic mass is 10.2. The molecule has 0 saturated carbocycles. The van der Waals surface area contributed by atoms with Crippen LogP contribution in [-0.4, -0.2) is 38.0 Å². The van der Waals surface area contributed by atoms with Crippen LogP contribution in [0.15, 0.2) is 47.4 Å². The zero-order chi connectivity index (χ0) is 19.1. The van der Waals surface area contributed by atoms with E-state index in [9.17, 15) is 22.4 Å². The number of fused-ring (bicyclic) bond motifs is 1. The van der Waals surface area contributed by atoms with E-state index >= 15 is 0 Å². The quantitative estimate of drug-likeness (QED) is 0.814. The molecule has 1 atom stereocenters. The molecular formula is C16H13FN2O6S. The molecule has 0 unspecified atom stereocenters. The second kappa shape index (κ2) is 6.30. The number of carboxylic acid groups (broad SMARTS) is 1. The molecule has 8 nitrogen and oxygen atoms in total. The van der Waals surface area contributed by atoms with E-state index in [1.165, 1.54) is 12.1 Å². The number of amides is 1. The lowest BCUT2D eigenvalue weighted by Gasteiger charge is -2.34. The molecule has 0 aromatic heterocycles. The smallest absolute Gasteiger partial charge is 0.338 e. The molecule has 1 aliphatic rings. The van der Waals surface area contributed by atoms with E-state index < -0.39 is 50.8 Å². The van der Waals surface area contributed by atoms with Crippen molar-refractivity contribution in [3.05, 3.63) is 53.8 Å². The second-order valence-corrected chi connectivity index (χ2v) is 7.32. The first-order valence-corrected chi connectivity index (χ1v) is 8.76. The fourth-order valence-corrected chi connectivity index (χ4v) is 4.04.